The number of carbonyl (C=O) groups is 2. The van der Waals surface area contributed by atoms with Gasteiger partial charge in [-0.2, -0.15) is 0 Å². The van der Waals surface area contributed by atoms with Crippen molar-refractivity contribution in [3.8, 4) is 5.69 Å². The van der Waals surface area contributed by atoms with E-state index in [4.69, 9.17) is 0 Å². The zero-order valence-corrected chi connectivity index (χ0v) is 14.2. The maximum absolute atomic E-state index is 12.6. The molecular formula is C20H19N3O3. The molecule has 0 aliphatic rings. The van der Waals surface area contributed by atoms with Crippen LogP contribution in [-0.4, -0.2) is 26.5 Å². The summed E-state index contributed by atoms with van der Waals surface area (Å²) in [4.78, 5) is 28.1. The number of aliphatic carboxylic acids is 1. The number of carboxylic acids is 1. The van der Waals surface area contributed by atoms with Gasteiger partial charge in [-0.1, -0.05) is 30.3 Å². The third-order valence-electron chi connectivity index (χ3n) is 4.27. The van der Waals surface area contributed by atoms with Crippen molar-refractivity contribution < 1.29 is 14.7 Å². The van der Waals surface area contributed by atoms with Crippen LogP contribution in [0, 0.1) is 5.92 Å². The van der Waals surface area contributed by atoms with Gasteiger partial charge < -0.3 is 15.0 Å². The number of imidazole rings is 1. The van der Waals surface area contributed by atoms with Gasteiger partial charge in [-0.25, -0.2) is 4.98 Å². The normalized spacial score (nSPS) is 13.0. The van der Waals surface area contributed by atoms with Crippen molar-refractivity contribution in [1.29, 1.82) is 0 Å². The summed E-state index contributed by atoms with van der Waals surface area (Å²) in [5.41, 5.74) is 2.11. The molecule has 0 spiro atoms. The molecule has 0 unspecified atom stereocenters. The first kappa shape index (κ1) is 17.4. The van der Waals surface area contributed by atoms with Gasteiger partial charge in [0.15, 0.2) is 0 Å². The molecule has 0 fully saturated rings. The smallest absolute Gasteiger partial charge is 0.308 e. The second kappa shape index (κ2) is 7.65. The van der Waals surface area contributed by atoms with Crippen molar-refractivity contribution in [2.24, 2.45) is 5.92 Å². The molecule has 2 N–H and O–H groups in total. The molecule has 0 aliphatic heterocycles. The predicted octanol–water partition coefficient (Wildman–Crippen LogP) is 3.06. The van der Waals surface area contributed by atoms with Gasteiger partial charge in [-0.05, 0) is 36.8 Å². The number of carbonyl (C=O) groups excluding carboxylic acids is 1. The van der Waals surface area contributed by atoms with E-state index in [0.29, 0.717) is 5.56 Å². The lowest BCUT2D eigenvalue weighted by Gasteiger charge is -2.23. The Bertz CT molecular complexity index is 874. The molecular weight excluding hydrogens is 330 g/mol. The van der Waals surface area contributed by atoms with Crippen molar-refractivity contribution in [1.82, 2.24) is 14.9 Å². The summed E-state index contributed by atoms with van der Waals surface area (Å²) in [6.45, 7) is 1.59. The lowest BCUT2D eigenvalue weighted by atomic mass is 9.94. The summed E-state index contributed by atoms with van der Waals surface area (Å²) >= 11 is 0. The highest BCUT2D eigenvalue weighted by atomic mass is 16.4. The third-order valence-corrected chi connectivity index (χ3v) is 4.27. The molecule has 26 heavy (non-hydrogen) atoms. The molecule has 0 bridgehead atoms. The third kappa shape index (κ3) is 3.80. The predicted molar refractivity (Wildman–Crippen MR) is 97.0 cm³/mol. The lowest BCUT2D eigenvalue weighted by Crippen LogP contribution is -2.35. The van der Waals surface area contributed by atoms with E-state index >= 15 is 0 Å². The van der Waals surface area contributed by atoms with Crippen molar-refractivity contribution in [3.05, 3.63) is 84.4 Å². The van der Waals surface area contributed by atoms with Crippen LogP contribution in [0.3, 0.4) is 0 Å². The molecule has 132 valence electrons. The van der Waals surface area contributed by atoms with Crippen LogP contribution < -0.4 is 5.32 Å². The number of hydrogen-bond acceptors (Lipinski definition) is 3. The van der Waals surface area contributed by atoms with Crippen molar-refractivity contribution in [3.63, 3.8) is 0 Å². The van der Waals surface area contributed by atoms with Gasteiger partial charge in [0, 0.05) is 23.6 Å². The largest absolute Gasteiger partial charge is 0.481 e. The van der Waals surface area contributed by atoms with E-state index < -0.39 is 17.9 Å². The van der Waals surface area contributed by atoms with Gasteiger partial charge in [0.25, 0.3) is 5.91 Å². The number of benzene rings is 2. The Hall–Kier alpha value is -3.41. The molecule has 1 amide bonds. The van der Waals surface area contributed by atoms with Crippen LogP contribution in [0.4, 0.5) is 0 Å². The van der Waals surface area contributed by atoms with E-state index in [9.17, 15) is 14.7 Å². The number of nitrogens with zero attached hydrogens (tertiary/aromatic N) is 2. The van der Waals surface area contributed by atoms with E-state index in [-0.39, 0.29) is 5.91 Å². The molecule has 0 saturated carbocycles. The molecule has 3 aromatic rings. The van der Waals surface area contributed by atoms with E-state index in [1.165, 1.54) is 0 Å². The Morgan fingerprint density at radius 1 is 1.08 bits per heavy atom. The highest BCUT2D eigenvalue weighted by Crippen LogP contribution is 2.23. The summed E-state index contributed by atoms with van der Waals surface area (Å²) in [5.74, 6) is -2.04. The molecule has 3 rings (SSSR count). The van der Waals surface area contributed by atoms with E-state index in [1.54, 1.807) is 31.6 Å². The number of carboxylic acid groups (broad SMARTS) is 1. The van der Waals surface area contributed by atoms with Gasteiger partial charge in [-0.3, -0.25) is 9.59 Å². The summed E-state index contributed by atoms with van der Waals surface area (Å²) in [5, 5.41) is 12.2. The Kier molecular flexibility index (Phi) is 5.12. The first-order valence-corrected chi connectivity index (χ1v) is 8.23. The number of rotatable bonds is 6. The SMILES string of the molecule is C[C@H](C(=O)O)[C@H](NC(=O)c1ccc(-n2ccnc2)cc1)c1ccccc1. The van der Waals surface area contributed by atoms with E-state index in [1.807, 2.05) is 53.2 Å². The Morgan fingerprint density at radius 2 is 1.77 bits per heavy atom. The fraction of sp³-hybridized carbons (Fsp3) is 0.150. The van der Waals surface area contributed by atoms with Crippen LogP contribution in [0.2, 0.25) is 0 Å². The van der Waals surface area contributed by atoms with Crippen LogP contribution in [0.25, 0.3) is 5.69 Å². The maximum atomic E-state index is 12.6. The van der Waals surface area contributed by atoms with Crippen LogP contribution in [0.15, 0.2) is 73.3 Å². The molecule has 6 nitrogen and oxygen atoms in total. The fourth-order valence-electron chi connectivity index (χ4n) is 2.72. The minimum atomic E-state index is -0.963. The summed E-state index contributed by atoms with van der Waals surface area (Å²) in [6, 6.07) is 15.5. The summed E-state index contributed by atoms with van der Waals surface area (Å²) < 4.78 is 1.83. The highest BCUT2D eigenvalue weighted by molar-refractivity contribution is 5.95. The topological polar surface area (TPSA) is 84.2 Å². The summed E-state index contributed by atoms with van der Waals surface area (Å²) in [7, 11) is 0. The van der Waals surface area contributed by atoms with Crippen molar-refractivity contribution in [2.45, 2.75) is 13.0 Å². The van der Waals surface area contributed by atoms with Gasteiger partial charge >= 0.3 is 5.97 Å². The molecule has 6 heteroatoms. The number of aromatic nitrogens is 2. The number of hydrogen-bond donors (Lipinski definition) is 2. The maximum Gasteiger partial charge on any atom is 0.308 e. The number of amides is 1. The lowest BCUT2D eigenvalue weighted by molar-refractivity contribution is -0.142. The van der Waals surface area contributed by atoms with Crippen LogP contribution in [0.5, 0.6) is 0 Å². The quantitative estimate of drug-likeness (QED) is 0.716. The molecule has 0 radical (unpaired) electrons. The zero-order valence-electron chi connectivity index (χ0n) is 14.2. The Morgan fingerprint density at radius 3 is 2.35 bits per heavy atom. The summed E-state index contributed by atoms with van der Waals surface area (Å²) in [6.07, 6.45) is 5.17. The first-order valence-electron chi connectivity index (χ1n) is 8.23. The minimum absolute atomic E-state index is 0.316. The van der Waals surface area contributed by atoms with Crippen LogP contribution >= 0.6 is 0 Å². The highest BCUT2D eigenvalue weighted by Gasteiger charge is 2.27. The molecule has 1 aromatic heterocycles. The average molecular weight is 349 g/mol. The van der Waals surface area contributed by atoms with Gasteiger partial charge in [0.2, 0.25) is 0 Å². The van der Waals surface area contributed by atoms with Gasteiger partial charge in [0.05, 0.1) is 18.3 Å². The van der Waals surface area contributed by atoms with Crippen molar-refractivity contribution in [2.75, 3.05) is 0 Å². The molecule has 0 saturated heterocycles. The van der Waals surface area contributed by atoms with Crippen LogP contribution in [0.1, 0.15) is 28.9 Å². The second-order valence-corrected chi connectivity index (χ2v) is 6.01. The van der Waals surface area contributed by atoms with E-state index in [2.05, 4.69) is 10.3 Å². The Balaban J connectivity index is 1.80. The first-order chi connectivity index (χ1) is 12.6. The zero-order chi connectivity index (χ0) is 18.5. The van der Waals surface area contributed by atoms with Crippen LogP contribution in [-0.2, 0) is 4.79 Å². The second-order valence-electron chi connectivity index (χ2n) is 6.01. The molecule has 1 heterocycles. The van der Waals surface area contributed by atoms with E-state index in [0.717, 1.165) is 11.3 Å². The molecule has 0 aliphatic carbocycles. The molecule has 2 aromatic carbocycles. The van der Waals surface area contributed by atoms with Gasteiger partial charge in [0.1, 0.15) is 0 Å². The fourth-order valence-corrected chi connectivity index (χ4v) is 2.72. The van der Waals surface area contributed by atoms with Gasteiger partial charge in [-0.15, -0.1) is 0 Å². The Labute approximate surface area is 151 Å². The standard InChI is InChI=1S/C20H19N3O3/c1-14(20(25)26)18(15-5-3-2-4-6-15)22-19(24)16-7-9-17(10-8-16)23-12-11-21-13-23/h2-14,18H,1H3,(H,22,24)(H,25,26)/t14-,18-/m0/s1. The monoisotopic (exact) mass is 349 g/mol. The average Bonchev–Trinajstić information content (AvgIpc) is 3.21. The molecule has 2 atom stereocenters. The number of nitrogens with one attached hydrogen (secondary N) is 1. The van der Waals surface area contributed by atoms with Crippen molar-refractivity contribution >= 4 is 11.9 Å². The minimum Gasteiger partial charge on any atom is -0.481 e.